The van der Waals surface area contributed by atoms with E-state index in [1.807, 2.05) is 0 Å². The maximum absolute atomic E-state index is 11.0. The molecule has 0 aromatic carbocycles. The zero-order chi connectivity index (χ0) is 9.84. The molecule has 0 N–H and O–H groups in total. The Balaban J connectivity index is 2.39. The van der Waals surface area contributed by atoms with E-state index in [9.17, 15) is 14.9 Å². The smallest absolute Gasteiger partial charge is 0.409 e. The normalized spacial score (nSPS) is 18.4. The number of methoxy groups -OCH3 is 1. The van der Waals surface area contributed by atoms with Crippen LogP contribution in [0.15, 0.2) is 0 Å². The molecule has 1 heterocycles. The molecule has 0 aromatic heterocycles. The molecular formula is C7H12N2O4. The molecule has 0 atom stereocenters. The van der Waals surface area contributed by atoms with Crippen molar-refractivity contribution in [3.05, 3.63) is 10.1 Å². The van der Waals surface area contributed by atoms with Crippen LogP contribution in [0.3, 0.4) is 0 Å². The minimum Gasteiger partial charge on any atom is -0.453 e. The van der Waals surface area contributed by atoms with E-state index in [1.165, 1.54) is 12.0 Å². The quantitative estimate of drug-likeness (QED) is 0.443. The van der Waals surface area contributed by atoms with Gasteiger partial charge in [-0.05, 0) is 0 Å². The third-order valence-corrected chi connectivity index (χ3v) is 2.20. The zero-order valence-corrected chi connectivity index (χ0v) is 7.43. The van der Waals surface area contributed by atoms with E-state index >= 15 is 0 Å². The molecule has 0 bridgehead atoms. The van der Waals surface area contributed by atoms with Crippen LogP contribution >= 0.6 is 0 Å². The van der Waals surface area contributed by atoms with E-state index in [0.29, 0.717) is 25.9 Å². The highest BCUT2D eigenvalue weighted by molar-refractivity contribution is 5.67. The van der Waals surface area contributed by atoms with Gasteiger partial charge in [-0.2, -0.15) is 0 Å². The second-order valence-corrected chi connectivity index (χ2v) is 2.97. The van der Waals surface area contributed by atoms with Gasteiger partial charge in [-0.1, -0.05) is 0 Å². The number of rotatable bonds is 1. The van der Waals surface area contributed by atoms with Gasteiger partial charge < -0.3 is 9.64 Å². The van der Waals surface area contributed by atoms with Crippen LogP contribution < -0.4 is 0 Å². The molecule has 1 aliphatic rings. The lowest BCUT2D eigenvalue weighted by Gasteiger charge is -2.26. The fourth-order valence-corrected chi connectivity index (χ4v) is 1.39. The predicted octanol–water partition coefficient (Wildman–Crippen LogP) is 0.494. The van der Waals surface area contributed by atoms with Gasteiger partial charge in [-0.15, -0.1) is 0 Å². The first-order valence-electron chi connectivity index (χ1n) is 4.11. The number of nitro groups is 1. The number of carbonyl (C=O) groups excluding carboxylic acids is 1. The van der Waals surface area contributed by atoms with Crippen molar-refractivity contribution in [1.82, 2.24) is 4.90 Å². The van der Waals surface area contributed by atoms with Crippen molar-refractivity contribution < 1.29 is 14.5 Å². The van der Waals surface area contributed by atoms with Crippen molar-refractivity contribution in [2.45, 2.75) is 18.9 Å². The molecule has 6 nitrogen and oxygen atoms in total. The lowest BCUT2D eigenvalue weighted by atomic mass is 10.1. The van der Waals surface area contributed by atoms with Crippen molar-refractivity contribution >= 4 is 6.09 Å². The second kappa shape index (κ2) is 4.06. The van der Waals surface area contributed by atoms with E-state index in [0.717, 1.165) is 0 Å². The minimum atomic E-state index is -0.499. The van der Waals surface area contributed by atoms with Crippen LogP contribution in [-0.4, -0.2) is 42.2 Å². The number of piperidine rings is 1. The monoisotopic (exact) mass is 188 g/mol. The second-order valence-electron chi connectivity index (χ2n) is 2.97. The predicted molar refractivity (Wildman–Crippen MR) is 44.0 cm³/mol. The Kier molecular flexibility index (Phi) is 3.05. The molecular weight excluding hydrogens is 176 g/mol. The van der Waals surface area contributed by atoms with Crippen molar-refractivity contribution in [2.24, 2.45) is 0 Å². The maximum Gasteiger partial charge on any atom is 0.409 e. The van der Waals surface area contributed by atoms with E-state index in [1.54, 1.807) is 0 Å². The molecule has 0 aromatic rings. The van der Waals surface area contributed by atoms with Crippen molar-refractivity contribution in [1.29, 1.82) is 0 Å². The Hall–Kier alpha value is -1.33. The Bertz CT molecular complexity index is 211. The molecule has 0 radical (unpaired) electrons. The summed E-state index contributed by atoms with van der Waals surface area (Å²) in [6, 6.07) is -0.499. The van der Waals surface area contributed by atoms with Crippen molar-refractivity contribution in [3.8, 4) is 0 Å². The van der Waals surface area contributed by atoms with E-state index < -0.39 is 12.1 Å². The highest BCUT2D eigenvalue weighted by atomic mass is 16.6. The summed E-state index contributed by atoms with van der Waals surface area (Å²) in [4.78, 5) is 22.6. The van der Waals surface area contributed by atoms with Gasteiger partial charge in [0.1, 0.15) is 0 Å². The molecule has 1 fully saturated rings. The maximum atomic E-state index is 11.0. The molecule has 0 aliphatic carbocycles. The van der Waals surface area contributed by atoms with Crippen LogP contribution in [0.1, 0.15) is 12.8 Å². The summed E-state index contributed by atoms with van der Waals surface area (Å²) in [5.74, 6) is 0. The van der Waals surface area contributed by atoms with Crippen LogP contribution in [0.2, 0.25) is 0 Å². The molecule has 1 saturated heterocycles. The Morgan fingerprint density at radius 1 is 1.54 bits per heavy atom. The van der Waals surface area contributed by atoms with Gasteiger partial charge in [-0.3, -0.25) is 10.1 Å². The number of ether oxygens (including phenoxy) is 1. The topological polar surface area (TPSA) is 72.7 Å². The van der Waals surface area contributed by atoms with Crippen LogP contribution in [0.5, 0.6) is 0 Å². The van der Waals surface area contributed by atoms with Crippen LogP contribution in [-0.2, 0) is 4.74 Å². The first kappa shape index (κ1) is 9.76. The number of likely N-dealkylation sites (tertiary alicyclic amines) is 1. The van der Waals surface area contributed by atoms with E-state index in [4.69, 9.17) is 0 Å². The summed E-state index contributed by atoms with van der Waals surface area (Å²) < 4.78 is 4.50. The Labute approximate surface area is 75.6 Å². The summed E-state index contributed by atoms with van der Waals surface area (Å²) in [5, 5.41) is 10.4. The summed E-state index contributed by atoms with van der Waals surface area (Å²) in [6.07, 6.45) is 0.436. The van der Waals surface area contributed by atoms with Crippen molar-refractivity contribution in [2.75, 3.05) is 20.2 Å². The van der Waals surface area contributed by atoms with Crippen LogP contribution in [0.25, 0.3) is 0 Å². The van der Waals surface area contributed by atoms with Gasteiger partial charge in [0, 0.05) is 30.9 Å². The first-order chi connectivity index (χ1) is 6.15. The van der Waals surface area contributed by atoms with Gasteiger partial charge >= 0.3 is 6.09 Å². The number of carbonyl (C=O) groups is 1. The van der Waals surface area contributed by atoms with Gasteiger partial charge in [0.25, 0.3) is 0 Å². The molecule has 13 heavy (non-hydrogen) atoms. The lowest BCUT2D eigenvalue weighted by Crippen LogP contribution is -2.42. The van der Waals surface area contributed by atoms with Gasteiger partial charge in [0.15, 0.2) is 0 Å². The first-order valence-corrected chi connectivity index (χ1v) is 4.11. The molecule has 0 spiro atoms. The standard InChI is InChI=1S/C7H12N2O4/c1-13-7(10)8-4-2-6(3-5-8)9(11)12/h6H,2-5H2,1H3. The van der Waals surface area contributed by atoms with Gasteiger partial charge in [0.2, 0.25) is 6.04 Å². The fraction of sp³-hybridized carbons (Fsp3) is 0.857. The highest BCUT2D eigenvalue weighted by Gasteiger charge is 2.29. The summed E-state index contributed by atoms with van der Waals surface area (Å²) in [6.45, 7) is 0.830. The molecule has 0 unspecified atom stereocenters. The molecule has 1 aliphatic heterocycles. The summed E-state index contributed by atoms with van der Waals surface area (Å²) in [5.41, 5.74) is 0. The van der Waals surface area contributed by atoms with E-state index in [2.05, 4.69) is 4.74 Å². The molecule has 74 valence electrons. The zero-order valence-electron chi connectivity index (χ0n) is 7.43. The molecule has 6 heteroatoms. The fourth-order valence-electron chi connectivity index (χ4n) is 1.39. The molecule has 0 saturated carbocycles. The highest BCUT2D eigenvalue weighted by Crippen LogP contribution is 2.13. The number of amides is 1. The SMILES string of the molecule is COC(=O)N1CCC([N+](=O)[O-])CC1. The largest absolute Gasteiger partial charge is 0.453 e. The summed E-state index contributed by atoms with van der Waals surface area (Å²) in [7, 11) is 1.31. The van der Waals surface area contributed by atoms with Crippen molar-refractivity contribution in [3.63, 3.8) is 0 Å². The summed E-state index contributed by atoms with van der Waals surface area (Å²) >= 11 is 0. The third kappa shape index (κ3) is 2.30. The lowest BCUT2D eigenvalue weighted by molar-refractivity contribution is -0.526. The minimum absolute atomic E-state index is 0.283. The van der Waals surface area contributed by atoms with Crippen LogP contribution in [0.4, 0.5) is 4.79 Å². The number of hydrogen-bond donors (Lipinski definition) is 0. The van der Waals surface area contributed by atoms with Gasteiger partial charge in [-0.25, -0.2) is 4.79 Å². The Morgan fingerprint density at radius 3 is 2.46 bits per heavy atom. The van der Waals surface area contributed by atoms with E-state index in [-0.39, 0.29) is 4.92 Å². The number of hydrogen-bond acceptors (Lipinski definition) is 4. The number of nitrogens with zero attached hydrogens (tertiary/aromatic N) is 2. The molecule has 1 rings (SSSR count). The Morgan fingerprint density at radius 2 is 2.08 bits per heavy atom. The van der Waals surface area contributed by atoms with Gasteiger partial charge in [0.05, 0.1) is 7.11 Å². The molecule has 1 amide bonds. The van der Waals surface area contributed by atoms with Crippen LogP contribution in [0, 0.1) is 10.1 Å². The third-order valence-electron chi connectivity index (χ3n) is 2.20. The average molecular weight is 188 g/mol. The average Bonchev–Trinajstić information content (AvgIpc) is 2.17.